The van der Waals surface area contributed by atoms with Crippen molar-refractivity contribution >= 4 is 44.6 Å². The van der Waals surface area contributed by atoms with Crippen LogP contribution in [0.25, 0.3) is 10.2 Å². The molecule has 2 aromatic carbocycles. The second-order valence-electron chi connectivity index (χ2n) is 7.63. The van der Waals surface area contributed by atoms with Gasteiger partial charge in [0.1, 0.15) is 11.1 Å². The van der Waals surface area contributed by atoms with Crippen molar-refractivity contribution in [2.24, 2.45) is 0 Å². The summed E-state index contributed by atoms with van der Waals surface area (Å²) < 4.78 is 17.3. The first-order valence-corrected chi connectivity index (χ1v) is 12.9. The summed E-state index contributed by atoms with van der Waals surface area (Å²) in [6, 6.07) is 13.4. The van der Waals surface area contributed by atoms with Gasteiger partial charge in [0.2, 0.25) is 5.82 Å². The van der Waals surface area contributed by atoms with Crippen LogP contribution in [0.4, 0.5) is 0 Å². The molecular weight excluding hydrogens is 490 g/mol. The highest BCUT2D eigenvalue weighted by molar-refractivity contribution is 7.90. The number of nitrogens with zero attached hydrogens (tertiary/aromatic N) is 1. The van der Waals surface area contributed by atoms with E-state index in [-0.39, 0.29) is 31.1 Å². The molecule has 4 rings (SSSR count). The predicted molar refractivity (Wildman–Crippen MR) is 132 cm³/mol. The van der Waals surface area contributed by atoms with Crippen LogP contribution in [0, 0.1) is 0 Å². The lowest BCUT2D eigenvalue weighted by molar-refractivity contribution is 0.0696. The average Bonchev–Trinajstić information content (AvgIpc) is 3.26. The van der Waals surface area contributed by atoms with Gasteiger partial charge in [-0.3, -0.25) is 9.59 Å². The number of carbonyl (C=O) groups is 2. The number of carboxylic acids is 1. The van der Waals surface area contributed by atoms with Crippen LogP contribution < -0.4 is 10.9 Å². The van der Waals surface area contributed by atoms with Gasteiger partial charge in [-0.15, -0.1) is 11.3 Å². The Labute approximate surface area is 207 Å². The highest BCUT2D eigenvalue weighted by Crippen LogP contribution is 2.22. The third-order valence-corrected chi connectivity index (χ3v) is 6.98. The predicted octanol–water partition coefficient (Wildman–Crippen LogP) is 3.07. The molecule has 0 saturated heterocycles. The van der Waals surface area contributed by atoms with E-state index in [2.05, 4.69) is 15.3 Å². The Morgan fingerprint density at radius 3 is 2.66 bits per heavy atom. The van der Waals surface area contributed by atoms with Gasteiger partial charge in [-0.25, -0.2) is 9.78 Å². The molecule has 9 nitrogen and oxygen atoms in total. The first-order valence-electron chi connectivity index (χ1n) is 10.4. The van der Waals surface area contributed by atoms with Crippen LogP contribution in [0.15, 0.2) is 63.6 Å². The van der Waals surface area contributed by atoms with E-state index < -0.39 is 28.6 Å². The largest absolute Gasteiger partial charge is 0.612 e. The minimum atomic E-state index is -1.13. The molecule has 0 aliphatic heterocycles. The van der Waals surface area contributed by atoms with Crippen molar-refractivity contribution in [2.75, 3.05) is 6.26 Å². The fourth-order valence-corrected chi connectivity index (χ4v) is 4.86. The number of nitrogens with one attached hydrogen (secondary N) is 2. The fraction of sp³-hybridized carbons (Fsp3) is 0.167. The number of hydrogen-bond donors (Lipinski definition) is 3. The molecule has 4 aromatic rings. The number of amides is 1. The van der Waals surface area contributed by atoms with Gasteiger partial charge in [0.05, 0.1) is 24.2 Å². The molecule has 11 heteroatoms. The zero-order chi connectivity index (χ0) is 24.9. The maximum atomic E-state index is 12.7. The van der Waals surface area contributed by atoms with Crippen LogP contribution >= 0.6 is 11.3 Å². The van der Waals surface area contributed by atoms with Crippen LogP contribution in [0.3, 0.4) is 0 Å². The van der Waals surface area contributed by atoms with Crippen molar-refractivity contribution in [1.82, 2.24) is 15.3 Å². The molecule has 2 heterocycles. The topological polar surface area (TPSA) is 144 Å². The third-order valence-electron chi connectivity index (χ3n) is 5.15. The molecule has 0 saturated carbocycles. The van der Waals surface area contributed by atoms with Gasteiger partial charge in [0.25, 0.3) is 11.5 Å². The molecule has 0 radical (unpaired) electrons. The number of hydrogen-bond acceptors (Lipinski definition) is 7. The second kappa shape index (κ2) is 10.8. The average molecular weight is 512 g/mol. The molecule has 0 aliphatic rings. The number of benzene rings is 2. The van der Waals surface area contributed by atoms with Gasteiger partial charge in [-0.05, 0) is 51.9 Å². The number of ether oxygens (including phenoxy) is 1. The summed E-state index contributed by atoms with van der Waals surface area (Å²) in [4.78, 5) is 44.1. The molecule has 3 N–H and O–H groups in total. The van der Waals surface area contributed by atoms with Crippen LogP contribution in [0.2, 0.25) is 0 Å². The van der Waals surface area contributed by atoms with E-state index in [9.17, 15) is 18.9 Å². The molecule has 0 aliphatic carbocycles. The van der Waals surface area contributed by atoms with Gasteiger partial charge >= 0.3 is 5.97 Å². The Bertz CT molecular complexity index is 1430. The number of H-pyrrole nitrogens is 1. The molecule has 0 bridgehead atoms. The molecule has 35 heavy (non-hydrogen) atoms. The molecule has 1 amide bonds. The standard InChI is InChI=1S/C24H21N3O6S2/c1-35(32)18-4-2-3-15(9-18)10-25-22(29)20-26-21(28)19-17(13-34-23(19)27-20)12-33-11-14-5-7-16(8-6-14)24(30)31/h2-9,13H,10-12H2,1H3,(H,25,29)(H,30,31)(H,26,27,28). The third kappa shape index (κ3) is 5.95. The quantitative estimate of drug-likeness (QED) is 0.293. The van der Waals surface area contributed by atoms with E-state index >= 15 is 0 Å². The summed E-state index contributed by atoms with van der Waals surface area (Å²) in [6.07, 6.45) is 1.58. The minimum Gasteiger partial charge on any atom is -0.612 e. The number of thiophene rings is 1. The highest BCUT2D eigenvalue weighted by atomic mass is 32.2. The molecular formula is C24H21N3O6S2. The lowest BCUT2D eigenvalue weighted by atomic mass is 10.1. The first kappa shape index (κ1) is 24.6. The molecule has 180 valence electrons. The Hall–Kier alpha value is -3.51. The number of aromatic carboxylic acids is 1. The van der Waals surface area contributed by atoms with Crippen LogP contribution in [-0.2, 0) is 35.7 Å². The minimum absolute atomic E-state index is 0.0921. The van der Waals surface area contributed by atoms with E-state index in [1.54, 1.807) is 42.0 Å². The van der Waals surface area contributed by atoms with Gasteiger partial charge in [0.15, 0.2) is 4.90 Å². The molecule has 0 spiro atoms. The van der Waals surface area contributed by atoms with Gasteiger partial charge in [0, 0.05) is 12.1 Å². The number of carbonyl (C=O) groups excluding carboxylic acids is 1. The molecule has 2 aromatic heterocycles. The van der Waals surface area contributed by atoms with Crippen molar-refractivity contribution in [3.05, 3.63) is 92.3 Å². The van der Waals surface area contributed by atoms with Gasteiger partial charge in [-0.2, -0.15) is 0 Å². The summed E-state index contributed by atoms with van der Waals surface area (Å²) in [5.74, 6) is -1.61. The van der Waals surface area contributed by atoms with Crippen molar-refractivity contribution < 1.29 is 24.0 Å². The van der Waals surface area contributed by atoms with Crippen LogP contribution in [0.1, 0.15) is 37.7 Å². The SMILES string of the molecule is C[S+]([O-])c1cccc(CNC(=O)c2nc3scc(COCc4ccc(C(=O)O)cc4)c3c(=O)[nH]2)c1. The summed E-state index contributed by atoms with van der Waals surface area (Å²) in [6.45, 7) is 0.602. The van der Waals surface area contributed by atoms with E-state index in [1.807, 2.05) is 6.07 Å². The Morgan fingerprint density at radius 2 is 1.94 bits per heavy atom. The number of aromatic amines is 1. The second-order valence-corrected chi connectivity index (χ2v) is 9.87. The lowest BCUT2D eigenvalue weighted by Crippen LogP contribution is -2.27. The number of aromatic nitrogens is 2. The number of carboxylic acid groups (broad SMARTS) is 1. The Kier molecular flexibility index (Phi) is 7.61. The molecule has 0 fully saturated rings. The monoisotopic (exact) mass is 511 g/mol. The van der Waals surface area contributed by atoms with Crippen molar-refractivity contribution in [1.29, 1.82) is 0 Å². The van der Waals surface area contributed by atoms with E-state index in [0.717, 1.165) is 11.1 Å². The normalized spacial score (nSPS) is 11.9. The van der Waals surface area contributed by atoms with Gasteiger partial charge < -0.3 is 24.7 Å². The zero-order valence-corrected chi connectivity index (χ0v) is 20.2. The Morgan fingerprint density at radius 1 is 1.17 bits per heavy atom. The Balaban J connectivity index is 1.40. The van der Waals surface area contributed by atoms with Crippen molar-refractivity contribution in [3.63, 3.8) is 0 Å². The summed E-state index contributed by atoms with van der Waals surface area (Å²) in [5, 5.41) is 13.8. The number of rotatable bonds is 9. The summed E-state index contributed by atoms with van der Waals surface area (Å²) >= 11 is 0.115. The summed E-state index contributed by atoms with van der Waals surface area (Å²) in [5.41, 5.74) is 1.99. The first-order chi connectivity index (χ1) is 16.8. The van der Waals surface area contributed by atoms with Crippen LogP contribution in [0.5, 0.6) is 0 Å². The maximum absolute atomic E-state index is 12.7. The number of fused-ring (bicyclic) bond motifs is 1. The smallest absolute Gasteiger partial charge is 0.335 e. The van der Waals surface area contributed by atoms with E-state index in [0.29, 0.717) is 20.7 Å². The van der Waals surface area contributed by atoms with Crippen molar-refractivity contribution in [3.8, 4) is 0 Å². The lowest BCUT2D eigenvalue weighted by Gasteiger charge is -2.08. The van der Waals surface area contributed by atoms with Crippen LogP contribution in [-0.4, -0.2) is 37.8 Å². The van der Waals surface area contributed by atoms with E-state index in [1.165, 1.54) is 23.5 Å². The van der Waals surface area contributed by atoms with E-state index in [4.69, 9.17) is 9.84 Å². The van der Waals surface area contributed by atoms with Gasteiger partial charge in [-0.1, -0.05) is 24.3 Å². The molecule has 1 unspecified atom stereocenters. The van der Waals surface area contributed by atoms with Crippen molar-refractivity contribution in [2.45, 2.75) is 24.7 Å². The maximum Gasteiger partial charge on any atom is 0.335 e. The fourth-order valence-electron chi connectivity index (χ4n) is 3.34. The zero-order valence-electron chi connectivity index (χ0n) is 18.6. The highest BCUT2D eigenvalue weighted by Gasteiger charge is 2.16. The molecule has 1 atom stereocenters. The summed E-state index contributed by atoms with van der Waals surface area (Å²) in [7, 11) is 0.